The van der Waals surface area contributed by atoms with E-state index in [2.05, 4.69) is 25.6 Å². The predicted molar refractivity (Wildman–Crippen MR) is 93.0 cm³/mol. The minimum atomic E-state index is -4.51. The number of nitrogens with zero attached hydrogens (tertiary/aromatic N) is 3. The van der Waals surface area contributed by atoms with E-state index in [0.29, 0.717) is 24.8 Å². The SMILES string of the molecule is C[C@@H](Nc1nc(NC2CCC(F)(F)C2)nc(C2=C[C@@H](O)CCC2)n1)C(F)(F)F. The average molecular weight is 407 g/mol. The summed E-state index contributed by atoms with van der Waals surface area (Å²) in [6, 6.07) is -2.48. The summed E-state index contributed by atoms with van der Waals surface area (Å²) in [5.41, 5.74) is 0.587. The Labute approximate surface area is 158 Å². The third-order valence-electron chi connectivity index (χ3n) is 4.84. The number of allylic oxidation sites excluding steroid dienone is 1. The molecule has 11 heteroatoms. The monoisotopic (exact) mass is 407 g/mol. The van der Waals surface area contributed by atoms with Gasteiger partial charge < -0.3 is 15.7 Å². The molecule has 0 aliphatic heterocycles. The normalized spacial score (nSPS) is 25.9. The highest BCUT2D eigenvalue weighted by atomic mass is 19.4. The van der Waals surface area contributed by atoms with Gasteiger partial charge in [-0.05, 0) is 44.3 Å². The second kappa shape index (κ2) is 7.76. The summed E-state index contributed by atoms with van der Waals surface area (Å²) in [6.07, 6.45) is -2.28. The molecule has 1 aromatic heterocycles. The summed E-state index contributed by atoms with van der Waals surface area (Å²) in [5.74, 6) is -3.03. The third kappa shape index (κ3) is 5.27. The summed E-state index contributed by atoms with van der Waals surface area (Å²) >= 11 is 0. The fourth-order valence-electron chi connectivity index (χ4n) is 3.27. The number of hydrogen-bond donors (Lipinski definition) is 3. The van der Waals surface area contributed by atoms with Crippen molar-refractivity contribution in [1.82, 2.24) is 15.0 Å². The summed E-state index contributed by atoms with van der Waals surface area (Å²) in [4.78, 5) is 12.2. The Morgan fingerprint density at radius 3 is 2.50 bits per heavy atom. The van der Waals surface area contributed by atoms with Gasteiger partial charge in [0.05, 0.1) is 6.10 Å². The van der Waals surface area contributed by atoms with Crippen molar-refractivity contribution in [2.24, 2.45) is 0 Å². The van der Waals surface area contributed by atoms with E-state index in [1.807, 2.05) is 0 Å². The van der Waals surface area contributed by atoms with Crippen LogP contribution in [0.2, 0.25) is 0 Å². The lowest BCUT2D eigenvalue weighted by Gasteiger charge is -2.20. The van der Waals surface area contributed by atoms with Gasteiger partial charge in [0.2, 0.25) is 17.8 Å². The molecule has 28 heavy (non-hydrogen) atoms. The Kier molecular flexibility index (Phi) is 5.74. The summed E-state index contributed by atoms with van der Waals surface area (Å²) in [5, 5.41) is 14.8. The molecule has 1 aromatic rings. The van der Waals surface area contributed by atoms with Crippen LogP contribution in [-0.4, -0.2) is 50.3 Å². The summed E-state index contributed by atoms with van der Waals surface area (Å²) < 4.78 is 65.5. The molecule has 0 spiro atoms. The van der Waals surface area contributed by atoms with E-state index in [1.54, 1.807) is 6.08 Å². The minimum absolute atomic E-state index is 0.0643. The highest BCUT2D eigenvalue weighted by Crippen LogP contribution is 2.36. The predicted octanol–water partition coefficient (Wildman–Crippen LogP) is 3.76. The lowest BCUT2D eigenvalue weighted by atomic mass is 9.97. The fraction of sp³-hybridized carbons (Fsp3) is 0.706. The van der Waals surface area contributed by atoms with Gasteiger partial charge in [0.1, 0.15) is 6.04 Å². The molecular formula is C17H22F5N5O. The molecule has 156 valence electrons. The van der Waals surface area contributed by atoms with Gasteiger partial charge in [-0.2, -0.15) is 28.1 Å². The van der Waals surface area contributed by atoms with Gasteiger partial charge >= 0.3 is 6.18 Å². The zero-order chi connectivity index (χ0) is 20.5. The standard InChI is InChI=1S/C17H22F5N5O/c1-9(17(20,21)22)23-14-25-13(10-3-2-4-12(28)7-10)26-15(27-14)24-11-5-6-16(18,19)8-11/h7,9,11-12,28H,2-6,8H2,1H3,(H2,23,24,25,26,27)/t9-,11?,12+/m1/s1. The van der Waals surface area contributed by atoms with Crippen LogP contribution in [-0.2, 0) is 0 Å². The minimum Gasteiger partial charge on any atom is -0.389 e. The van der Waals surface area contributed by atoms with Crippen LogP contribution in [0.5, 0.6) is 0 Å². The maximum Gasteiger partial charge on any atom is 0.408 e. The van der Waals surface area contributed by atoms with Gasteiger partial charge in [0.15, 0.2) is 5.82 Å². The van der Waals surface area contributed by atoms with Crippen molar-refractivity contribution in [3.05, 3.63) is 11.9 Å². The lowest BCUT2D eigenvalue weighted by molar-refractivity contribution is -0.138. The van der Waals surface area contributed by atoms with Crippen LogP contribution < -0.4 is 10.6 Å². The van der Waals surface area contributed by atoms with Crippen molar-refractivity contribution in [3.63, 3.8) is 0 Å². The maximum atomic E-state index is 13.4. The molecular weight excluding hydrogens is 385 g/mol. The van der Waals surface area contributed by atoms with Gasteiger partial charge in [-0.3, -0.25) is 0 Å². The van der Waals surface area contributed by atoms with Crippen LogP contribution in [0.25, 0.3) is 5.57 Å². The molecule has 0 saturated heterocycles. The molecule has 3 N–H and O–H groups in total. The third-order valence-corrected chi connectivity index (χ3v) is 4.84. The average Bonchev–Trinajstić information content (AvgIpc) is 2.92. The van der Waals surface area contributed by atoms with Crippen LogP contribution in [0, 0.1) is 0 Å². The first-order chi connectivity index (χ1) is 13.0. The quantitative estimate of drug-likeness (QED) is 0.645. The molecule has 0 amide bonds. The van der Waals surface area contributed by atoms with E-state index in [9.17, 15) is 27.1 Å². The Hall–Kier alpha value is -2.04. The van der Waals surface area contributed by atoms with E-state index < -0.39 is 36.7 Å². The number of aromatic nitrogens is 3. The molecule has 6 nitrogen and oxygen atoms in total. The van der Waals surface area contributed by atoms with Gasteiger partial charge in [-0.15, -0.1) is 0 Å². The van der Waals surface area contributed by atoms with E-state index in [4.69, 9.17) is 0 Å². The Balaban J connectivity index is 1.87. The maximum absolute atomic E-state index is 13.4. The number of anilines is 2. The summed E-state index contributed by atoms with van der Waals surface area (Å²) in [6.45, 7) is 0.928. The van der Waals surface area contributed by atoms with Crippen LogP contribution >= 0.6 is 0 Å². The number of aliphatic hydroxyl groups is 1. The molecule has 1 saturated carbocycles. The smallest absolute Gasteiger partial charge is 0.389 e. The molecule has 0 radical (unpaired) electrons. The van der Waals surface area contributed by atoms with Gasteiger partial charge in [-0.25, -0.2) is 8.78 Å². The van der Waals surface area contributed by atoms with Crippen molar-refractivity contribution in [2.75, 3.05) is 10.6 Å². The molecule has 1 heterocycles. The van der Waals surface area contributed by atoms with Crippen LogP contribution in [0.1, 0.15) is 51.3 Å². The number of rotatable bonds is 5. The Morgan fingerprint density at radius 1 is 1.18 bits per heavy atom. The van der Waals surface area contributed by atoms with Gasteiger partial charge in [-0.1, -0.05) is 0 Å². The number of hydrogen-bond acceptors (Lipinski definition) is 6. The van der Waals surface area contributed by atoms with Crippen molar-refractivity contribution >= 4 is 17.5 Å². The van der Waals surface area contributed by atoms with Gasteiger partial charge in [0.25, 0.3) is 0 Å². The molecule has 3 rings (SSSR count). The van der Waals surface area contributed by atoms with Crippen LogP contribution in [0.4, 0.5) is 33.8 Å². The van der Waals surface area contributed by atoms with Crippen molar-refractivity contribution < 1.29 is 27.1 Å². The number of halogens is 5. The first kappa shape index (κ1) is 20.7. The Morgan fingerprint density at radius 2 is 1.89 bits per heavy atom. The number of nitrogens with one attached hydrogen (secondary N) is 2. The van der Waals surface area contributed by atoms with E-state index in [1.165, 1.54) is 0 Å². The van der Waals surface area contributed by atoms with E-state index in [0.717, 1.165) is 6.92 Å². The first-order valence-corrected chi connectivity index (χ1v) is 9.15. The molecule has 0 aromatic carbocycles. The summed E-state index contributed by atoms with van der Waals surface area (Å²) in [7, 11) is 0. The molecule has 1 unspecified atom stereocenters. The molecule has 0 bridgehead atoms. The number of aliphatic hydroxyl groups excluding tert-OH is 1. The van der Waals surface area contributed by atoms with Crippen molar-refractivity contribution in [3.8, 4) is 0 Å². The van der Waals surface area contributed by atoms with Gasteiger partial charge in [0, 0.05) is 18.9 Å². The van der Waals surface area contributed by atoms with Crippen molar-refractivity contribution in [2.45, 2.75) is 75.7 Å². The number of alkyl halides is 5. The molecule has 3 atom stereocenters. The zero-order valence-electron chi connectivity index (χ0n) is 15.2. The van der Waals surface area contributed by atoms with E-state index >= 15 is 0 Å². The van der Waals surface area contributed by atoms with Crippen LogP contribution in [0.3, 0.4) is 0 Å². The highest BCUT2D eigenvalue weighted by molar-refractivity contribution is 5.63. The first-order valence-electron chi connectivity index (χ1n) is 9.15. The van der Waals surface area contributed by atoms with Crippen molar-refractivity contribution in [1.29, 1.82) is 0 Å². The largest absolute Gasteiger partial charge is 0.408 e. The molecule has 2 aliphatic carbocycles. The second-order valence-electron chi connectivity index (χ2n) is 7.31. The van der Waals surface area contributed by atoms with Crippen LogP contribution in [0.15, 0.2) is 6.08 Å². The lowest BCUT2D eigenvalue weighted by Crippen LogP contribution is -2.34. The van der Waals surface area contributed by atoms with E-state index in [-0.39, 0.29) is 30.6 Å². The molecule has 2 aliphatic rings. The fourth-order valence-corrected chi connectivity index (χ4v) is 3.27. The Bertz CT molecular complexity index is 739. The molecule has 1 fully saturated rings. The second-order valence-corrected chi connectivity index (χ2v) is 7.31. The topological polar surface area (TPSA) is 83.0 Å². The zero-order valence-corrected chi connectivity index (χ0v) is 15.2. The highest BCUT2D eigenvalue weighted by Gasteiger charge is 2.40.